The Morgan fingerprint density at radius 1 is 1.24 bits per heavy atom. The van der Waals surface area contributed by atoms with E-state index in [1.807, 2.05) is 36.1 Å². The molecule has 5 rings (SSSR count). The van der Waals surface area contributed by atoms with Crippen LogP contribution in [0.1, 0.15) is 22.3 Å². The Labute approximate surface area is 143 Å². The third-order valence-corrected chi connectivity index (χ3v) is 4.90. The number of aliphatic imine (C=N–C) groups is 1. The van der Waals surface area contributed by atoms with Crippen molar-refractivity contribution >= 4 is 28.6 Å². The molecule has 1 saturated heterocycles. The summed E-state index contributed by atoms with van der Waals surface area (Å²) in [6, 6.07) is 9.29. The summed E-state index contributed by atoms with van der Waals surface area (Å²) in [5.41, 5.74) is 2.03. The number of fused-ring (bicyclic) bond motifs is 3. The summed E-state index contributed by atoms with van der Waals surface area (Å²) in [5.74, 6) is 0.111. The Kier molecular flexibility index (Phi) is 2.71. The number of aliphatic hydroxyl groups is 1. The number of nitrogens with zero attached hydrogens (tertiary/aromatic N) is 5. The van der Waals surface area contributed by atoms with E-state index in [1.165, 1.54) is 6.33 Å². The molecule has 0 spiro atoms. The van der Waals surface area contributed by atoms with Crippen LogP contribution in [0.5, 0.6) is 0 Å². The molecule has 1 aromatic carbocycles. The second-order valence-electron chi connectivity index (χ2n) is 6.49. The average Bonchev–Trinajstić information content (AvgIpc) is 3.20. The number of aromatic nitrogens is 3. The van der Waals surface area contributed by atoms with Gasteiger partial charge in [-0.2, -0.15) is 5.10 Å². The lowest BCUT2D eigenvalue weighted by Crippen LogP contribution is -2.48. The van der Waals surface area contributed by atoms with Crippen LogP contribution in [-0.2, 0) is 0 Å². The van der Waals surface area contributed by atoms with Gasteiger partial charge in [0.25, 0.3) is 0 Å². The predicted octanol–water partition coefficient (Wildman–Crippen LogP) is 1.91. The zero-order valence-electron chi connectivity index (χ0n) is 13.5. The van der Waals surface area contributed by atoms with Crippen molar-refractivity contribution in [2.24, 2.45) is 4.99 Å². The van der Waals surface area contributed by atoms with Crippen molar-refractivity contribution in [2.45, 2.75) is 18.9 Å². The fourth-order valence-corrected chi connectivity index (χ4v) is 3.57. The van der Waals surface area contributed by atoms with Gasteiger partial charge in [0, 0.05) is 36.5 Å². The van der Waals surface area contributed by atoms with Crippen molar-refractivity contribution in [1.29, 1.82) is 0 Å². The third kappa shape index (κ3) is 1.90. The summed E-state index contributed by atoms with van der Waals surface area (Å²) in [5, 5.41) is 15.2. The molecular weight excluding hydrogens is 318 g/mol. The lowest BCUT2D eigenvalue weighted by Gasteiger charge is -2.29. The fourth-order valence-electron chi connectivity index (χ4n) is 3.57. The molecular formula is C18H15N5O2. The number of aryl methyl sites for hydroxylation is 1. The fraction of sp³-hybridized carbons (Fsp3) is 0.222. The van der Waals surface area contributed by atoms with Crippen LogP contribution in [0.4, 0.5) is 11.4 Å². The number of ketones is 1. The molecule has 0 radical (unpaired) electrons. The molecule has 0 aliphatic carbocycles. The Morgan fingerprint density at radius 2 is 2.12 bits per heavy atom. The second kappa shape index (κ2) is 4.73. The first-order valence-corrected chi connectivity index (χ1v) is 8.10. The normalized spacial score (nSPS) is 22.1. The topological polar surface area (TPSA) is 83.1 Å². The first-order chi connectivity index (χ1) is 12.1. The zero-order valence-corrected chi connectivity index (χ0v) is 13.5. The smallest absolute Gasteiger partial charge is 0.204 e. The van der Waals surface area contributed by atoms with Crippen LogP contribution < -0.4 is 4.90 Å². The maximum Gasteiger partial charge on any atom is 0.204 e. The average molecular weight is 333 g/mol. The maximum absolute atomic E-state index is 12.9. The molecule has 0 amide bonds. The molecule has 7 heteroatoms. The van der Waals surface area contributed by atoms with Gasteiger partial charge in [-0.15, -0.1) is 0 Å². The molecule has 2 aliphatic heterocycles. The van der Waals surface area contributed by atoms with E-state index in [0.29, 0.717) is 35.7 Å². The van der Waals surface area contributed by atoms with Crippen molar-refractivity contribution in [3.05, 3.63) is 54.0 Å². The first kappa shape index (κ1) is 14.3. The molecule has 1 N–H and O–H groups in total. The summed E-state index contributed by atoms with van der Waals surface area (Å²) in [6.45, 7) is 2.43. The van der Waals surface area contributed by atoms with Crippen molar-refractivity contribution in [1.82, 2.24) is 14.6 Å². The number of Topliss-reactive ketones (excluding diaryl/α,β-unsaturated/α-hetero) is 1. The summed E-state index contributed by atoms with van der Waals surface area (Å²) >= 11 is 0. The van der Waals surface area contributed by atoms with Gasteiger partial charge >= 0.3 is 0 Å². The van der Waals surface area contributed by atoms with E-state index in [-0.39, 0.29) is 5.78 Å². The second-order valence-corrected chi connectivity index (χ2v) is 6.49. The molecule has 2 aromatic heterocycles. The molecule has 7 nitrogen and oxygen atoms in total. The molecule has 4 heterocycles. The number of rotatable bonds is 1. The standard InChI is InChI=1S/C18H15N5O2/c1-11-2-3-14-13(8-11)16(24)18(25)5-7-22(17(18)21-14)12-4-6-23-15(9-12)19-10-20-23/h2-4,6,8-10,25H,5,7H2,1H3/t18-/m1/s1. The van der Waals surface area contributed by atoms with E-state index in [4.69, 9.17) is 0 Å². The minimum absolute atomic E-state index is 0.276. The Hall–Kier alpha value is -3.06. The summed E-state index contributed by atoms with van der Waals surface area (Å²) in [4.78, 5) is 23.6. The Morgan fingerprint density at radius 3 is 3.00 bits per heavy atom. The van der Waals surface area contributed by atoms with Crippen LogP contribution in [0.25, 0.3) is 5.65 Å². The van der Waals surface area contributed by atoms with Gasteiger partial charge in [-0.25, -0.2) is 14.5 Å². The number of anilines is 1. The van der Waals surface area contributed by atoms with Gasteiger partial charge in [-0.1, -0.05) is 11.6 Å². The van der Waals surface area contributed by atoms with Crippen LogP contribution >= 0.6 is 0 Å². The van der Waals surface area contributed by atoms with Crippen molar-refractivity contribution in [3.63, 3.8) is 0 Å². The van der Waals surface area contributed by atoms with E-state index in [9.17, 15) is 9.90 Å². The number of carbonyl (C=O) groups excluding carboxylic acids is 1. The lowest BCUT2D eigenvalue weighted by molar-refractivity contribution is 0.0602. The van der Waals surface area contributed by atoms with Crippen molar-refractivity contribution < 1.29 is 9.90 Å². The highest BCUT2D eigenvalue weighted by Crippen LogP contribution is 2.39. The van der Waals surface area contributed by atoms with Crippen molar-refractivity contribution in [2.75, 3.05) is 11.4 Å². The number of pyridine rings is 1. The minimum Gasteiger partial charge on any atom is -0.374 e. The van der Waals surface area contributed by atoms with E-state index in [2.05, 4.69) is 15.1 Å². The van der Waals surface area contributed by atoms with Crippen molar-refractivity contribution in [3.8, 4) is 0 Å². The molecule has 1 atom stereocenters. The van der Waals surface area contributed by atoms with Crippen LogP contribution in [0.2, 0.25) is 0 Å². The molecule has 0 unspecified atom stereocenters. The number of carbonyl (C=O) groups is 1. The monoisotopic (exact) mass is 333 g/mol. The van der Waals surface area contributed by atoms with E-state index in [1.54, 1.807) is 16.8 Å². The number of amidine groups is 1. The molecule has 124 valence electrons. The highest BCUT2D eigenvalue weighted by molar-refractivity contribution is 6.28. The highest BCUT2D eigenvalue weighted by atomic mass is 16.3. The lowest BCUT2D eigenvalue weighted by atomic mass is 9.87. The molecule has 3 aromatic rings. The molecule has 25 heavy (non-hydrogen) atoms. The van der Waals surface area contributed by atoms with Crippen LogP contribution in [0, 0.1) is 6.92 Å². The van der Waals surface area contributed by atoms with Crippen LogP contribution in [0.3, 0.4) is 0 Å². The first-order valence-electron chi connectivity index (χ1n) is 8.10. The van der Waals surface area contributed by atoms with Crippen LogP contribution in [0.15, 0.2) is 47.8 Å². The van der Waals surface area contributed by atoms with E-state index < -0.39 is 5.60 Å². The van der Waals surface area contributed by atoms with Crippen LogP contribution in [-0.4, -0.2) is 43.5 Å². The summed E-state index contributed by atoms with van der Waals surface area (Å²) in [7, 11) is 0. The van der Waals surface area contributed by atoms with Gasteiger partial charge in [0.15, 0.2) is 11.2 Å². The zero-order chi connectivity index (χ0) is 17.2. The van der Waals surface area contributed by atoms with Gasteiger partial charge in [0.1, 0.15) is 12.2 Å². The van der Waals surface area contributed by atoms with Gasteiger partial charge in [0.2, 0.25) is 5.78 Å². The number of hydrogen-bond acceptors (Lipinski definition) is 6. The van der Waals surface area contributed by atoms with E-state index >= 15 is 0 Å². The number of benzene rings is 1. The predicted molar refractivity (Wildman–Crippen MR) is 92.5 cm³/mol. The SMILES string of the molecule is Cc1ccc2c(c1)C(=O)[C@]1(O)CCN(c3ccn4ncnc4c3)C1=N2. The maximum atomic E-state index is 12.9. The van der Waals surface area contributed by atoms with Gasteiger partial charge in [0.05, 0.1) is 5.69 Å². The Balaban J connectivity index is 1.67. The van der Waals surface area contributed by atoms with Gasteiger partial charge < -0.3 is 10.0 Å². The third-order valence-electron chi connectivity index (χ3n) is 4.90. The Bertz CT molecular complexity index is 1070. The highest BCUT2D eigenvalue weighted by Gasteiger charge is 2.52. The summed E-state index contributed by atoms with van der Waals surface area (Å²) < 4.78 is 1.66. The number of hydrogen-bond donors (Lipinski definition) is 1. The molecule has 2 aliphatic rings. The largest absolute Gasteiger partial charge is 0.374 e. The molecule has 1 fully saturated rings. The minimum atomic E-state index is -1.57. The molecule has 0 saturated carbocycles. The van der Waals surface area contributed by atoms with Gasteiger partial charge in [-0.3, -0.25) is 4.79 Å². The molecule has 0 bridgehead atoms. The summed E-state index contributed by atoms with van der Waals surface area (Å²) in [6.07, 6.45) is 3.60. The van der Waals surface area contributed by atoms with Gasteiger partial charge in [-0.05, 0) is 25.1 Å². The quantitative estimate of drug-likeness (QED) is 0.735. The van der Waals surface area contributed by atoms with E-state index in [0.717, 1.165) is 11.3 Å².